The van der Waals surface area contributed by atoms with Gasteiger partial charge in [0.2, 0.25) is 0 Å². The number of hydrogen-bond acceptors (Lipinski definition) is 4. The van der Waals surface area contributed by atoms with Gasteiger partial charge in [-0.3, -0.25) is 9.59 Å². The zero-order chi connectivity index (χ0) is 16.5. The largest absolute Gasteiger partial charge is 0.455 e. The lowest BCUT2D eigenvalue weighted by Gasteiger charge is -2.16. The summed E-state index contributed by atoms with van der Waals surface area (Å²) in [6, 6.07) is 0. The normalized spacial score (nSPS) is 20.6. The van der Waals surface area contributed by atoms with Gasteiger partial charge >= 0.3 is 24.3 Å². The van der Waals surface area contributed by atoms with Gasteiger partial charge in [-0.15, -0.1) is 6.58 Å². The fraction of sp³-hybridized carbons (Fsp3) is 0.636. The lowest BCUT2D eigenvalue weighted by Crippen LogP contribution is -2.35. The Morgan fingerprint density at radius 2 is 1.43 bits per heavy atom. The molecule has 1 saturated carbocycles. The topological polar surface area (TPSA) is 52.6 Å². The minimum Gasteiger partial charge on any atom is -0.455 e. The molecule has 1 aliphatic rings. The Morgan fingerprint density at radius 3 is 1.67 bits per heavy atom. The van der Waals surface area contributed by atoms with E-state index in [1.54, 1.807) is 0 Å². The fourth-order valence-corrected chi connectivity index (χ4v) is 1.68. The van der Waals surface area contributed by atoms with Crippen molar-refractivity contribution in [1.82, 2.24) is 0 Å². The summed E-state index contributed by atoms with van der Waals surface area (Å²) >= 11 is 0. The Balaban J connectivity index is 2.73. The van der Waals surface area contributed by atoms with Crippen molar-refractivity contribution in [3.8, 4) is 0 Å². The summed E-state index contributed by atoms with van der Waals surface area (Å²) in [5.41, 5.74) is -2.17. The van der Waals surface area contributed by atoms with Crippen LogP contribution in [0.25, 0.3) is 0 Å². The molecule has 21 heavy (non-hydrogen) atoms. The van der Waals surface area contributed by atoms with E-state index in [0.717, 1.165) is 6.08 Å². The van der Waals surface area contributed by atoms with Crippen molar-refractivity contribution in [1.29, 1.82) is 0 Å². The first-order valence-electron chi connectivity index (χ1n) is 5.53. The molecule has 10 heteroatoms. The molecule has 1 fully saturated rings. The number of carbonyl (C=O) groups excluding carboxylic acids is 2. The second-order valence-electron chi connectivity index (χ2n) is 4.40. The summed E-state index contributed by atoms with van der Waals surface area (Å²) < 4.78 is 79.5. The van der Waals surface area contributed by atoms with E-state index in [-0.39, 0.29) is 6.42 Å². The van der Waals surface area contributed by atoms with E-state index >= 15 is 0 Å². The lowest BCUT2D eigenvalue weighted by molar-refractivity contribution is -0.201. The van der Waals surface area contributed by atoms with Crippen molar-refractivity contribution < 1.29 is 45.4 Å². The maximum Gasteiger partial charge on any atom is 0.422 e. The van der Waals surface area contributed by atoms with E-state index < -0.39 is 48.8 Å². The smallest absolute Gasteiger partial charge is 0.422 e. The third-order valence-corrected chi connectivity index (χ3v) is 2.76. The van der Waals surface area contributed by atoms with Gasteiger partial charge < -0.3 is 9.47 Å². The molecule has 1 atom stereocenters. The van der Waals surface area contributed by atoms with Gasteiger partial charge in [0, 0.05) is 5.92 Å². The Labute approximate surface area is 114 Å². The Hall–Kier alpha value is -1.74. The summed E-state index contributed by atoms with van der Waals surface area (Å²) in [7, 11) is 0. The third-order valence-electron chi connectivity index (χ3n) is 2.76. The first-order chi connectivity index (χ1) is 9.42. The highest BCUT2D eigenvalue weighted by atomic mass is 19.4. The van der Waals surface area contributed by atoms with E-state index in [1.807, 2.05) is 0 Å². The number of allylic oxidation sites excluding steroid dienone is 1. The molecule has 0 bridgehead atoms. The molecule has 0 heterocycles. The van der Waals surface area contributed by atoms with Crippen LogP contribution in [-0.2, 0) is 19.1 Å². The molecule has 1 rings (SSSR count). The molecule has 0 aromatic carbocycles. The third kappa shape index (κ3) is 4.36. The molecule has 1 unspecified atom stereocenters. The summed E-state index contributed by atoms with van der Waals surface area (Å²) in [5.74, 6) is -4.06. The molecule has 4 nitrogen and oxygen atoms in total. The van der Waals surface area contributed by atoms with Crippen LogP contribution in [0, 0.1) is 11.3 Å². The van der Waals surface area contributed by atoms with Crippen molar-refractivity contribution in [2.75, 3.05) is 13.2 Å². The molecule has 1 aliphatic carbocycles. The zero-order valence-electron chi connectivity index (χ0n) is 10.4. The molecule has 0 N–H and O–H groups in total. The number of halogens is 6. The predicted octanol–water partition coefficient (Wildman–Crippen LogP) is 2.39. The van der Waals surface area contributed by atoms with Crippen LogP contribution in [0.1, 0.15) is 6.42 Å². The number of rotatable bonds is 5. The van der Waals surface area contributed by atoms with Crippen LogP contribution < -0.4 is 0 Å². The molecule has 0 aromatic rings. The zero-order valence-corrected chi connectivity index (χ0v) is 10.4. The molecule has 0 aromatic heterocycles. The number of esters is 2. The monoisotopic (exact) mass is 320 g/mol. The van der Waals surface area contributed by atoms with Crippen LogP contribution in [0.3, 0.4) is 0 Å². The number of ether oxygens (including phenoxy) is 2. The van der Waals surface area contributed by atoms with Crippen LogP contribution in [-0.4, -0.2) is 37.5 Å². The summed E-state index contributed by atoms with van der Waals surface area (Å²) in [6.07, 6.45) is -8.86. The standard InChI is InChI=1S/C11H10F6O4/c1-2-6-3-9(6,7(18)20-4-10(12,13)14)8(19)21-5-11(15,16)17/h2,6H,1,3-5H2. The van der Waals surface area contributed by atoms with Crippen LogP contribution in [0.15, 0.2) is 12.7 Å². The molecule has 120 valence electrons. The van der Waals surface area contributed by atoms with Crippen LogP contribution in [0.5, 0.6) is 0 Å². The Kier molecular flexibility index (Phi) is 4.59. The molecule has 0 saturated heterocycles. The quantitative estimate of drug-likeness (QED) is 0.338. The van der Waals surface area contributed by atoms with Crippen molar-refractivity contribution in [2.24, 2.45) is 11.3 Å². The van der Waals surface area contributed by atoms with Crippen molar-refractivity contribution >= 4 is 11.9 Å². The van der Waals surface area contributed by atoms with Crippen LogP contribution >= 0.6 is 0 Å². The molecule has 0 aliphatic heterocycles. The van der Waals surface area contributed by atoms with Crippen LogP contribution in [0.4, 0.5) is 26.3 Å². The van der Waals surface area contributed by atoms with E-state index in [4.69, 9.17) is 0 Å². The molecule has 0 amide bonds. The SMILES string of the molecule is C=CC1CC1(C(=O)OCC(F)(F)F)C(=O)OCC(F)(F)F. The van der Waals surface area contributed by atoms with Gasteiger partial charge in [0.1, 0.15) is 0 Å². The Bertz CT molecular complexity index is 409. The highest BCUT2D eigenvalue weighted by Crippen LogP contribution is 2.55. The molecular formula is C11H10F6O4. The average Bonchev–Trinajstić information content (AvgIpc) is 3.07. The van der Waals surface area contributed by atoms with E-state index in [1.165, 1.54) is 0 Å². The molecule has 0 spiro atoms. The molecule has 0 radical (unpaired) electrons. The minimum atomic E-state index is -4.81. The van der Waals surface area contributed by atoms with E-state index in [0.29, 0.717) is 0 Å². The number of hydrogen-bond donors (Lipinski definition) is 0. The lowest BCUT2D eigenvalue weighted by atomic mass is 10.0. The highest BCUT2D eigenvalue weighted by molar-refractivity contribution is 6.04. The number of carbonyl (C=O) groups is 2. The average molecular weight is 320 g/mol. The maximum absolute atomic E-state index is 11.9. The minimum absolute atomic E-state index is 0.302. The fourth-order valence-electron chi connectivity index (χ4n) is 1.68. The van der Waals surface area contributed by atoms with Crippen molar-refractivity contribution in [2.45, 2.75) is 18.8 Å². The predicted molar refractivity (Wildman–Crippen MR) is 54.8 cm³/mol. The first kappa shape index (κ1) is 17.3. The van der Waals surface area contributed by atoms with Crippen molar-refractivity contribution in [3.05, 3.63) is 12.7 Å². The molecular weight excluding hydrogens is 310 g/mol. The van der Waals surface area contributed by atoms with Gasteiger partial charge in [0.05, 0.1) is 0 Å². The van der Waals surface area contributed by atoms with Gasteiger partial charge in [-0.1, -0.05) is 6.08 Å². The van der Waals surface area contributed by atoms with Gasteiger partial charge in [-0.25, -0.2) is 0 Å². The second kappa shape index (κ2) is 5.57. The summed E-state index contributed by atoms with van der Waals surface area (Å²) in [4.78, 5) is 23.1. The summed E-state index contributed by atoms with van der Waals surface area (Å²) in [6.45, 7) is -0.640. The highest BCUT2D eigenvalue weighted by Gasteiger charge is 2.67. The first-order valence-corrected chi connectivity index (χ1v) is 5.53. The number of alkyl halides is 6. The van der Waals surface area contributed by atoms with Crippen molar-refractivity contribution in [3.63, 3.8) is 0 Å². The Morgan fingerprint density at radius 1 is 1.05 bits per heavy atom. The van der Waals surface area contributed by atoms with E-state index in [2.05, 4.69) is 16.1 Å². The maximum atomic E-state index is 11.9. The van der Waals surface area contributed by atoms with E-state index in [9.17, 15) is 35.9 Å². The van der Waals surface area contributed by atoms with Gasteiger partial charge in [-0.2, -0.15) is 26.3 Å². The summed E-state index contributed by atoms with van der Waals surface area (Å²) in [5, 5.41) is 0. The van der Waals surface area contributed by atoms with Gasteiger partial charge in [-0.05, 0) is 6.42 Å². The van der Waals surface area contributed by atoms with Gasteiger partial charge in [0.25, 0.3) is 0 Å². The second-order valence-corrected chi connectivity index (χ2v) is 4.40. The van der Waals surface area contributed by atoms with Crippen LogP contribution in [0.2, 0.25) is 0 Å². The van der Waals surface area contributed by atoms with Gasteiger partial charge in [0.15, 0.2) is 18.6 Å².